The molecule has 0 atom stereocenters. The number of hydrogen-bond donors (Lipinski definition) is 0. The molecule has 104 valence electrons. The Bertz CT molecular complexity index is 846. The zero-order valence-electron chi connectivity index (χ0n) is 11.1. The fraction of sp³-hybridized carbons (Fsp3) is 0.125. The lowest BCUT2D eigenvalue weighted by atomic mass is 10.2. The number of halogens is 2. The van der Waals surface area contributed by atoms with Gasteiger partial charge in [0.2, 0.25) is 0 Å². The Labute approximate surface area is 132 Å². The number of benzene rings is 2. The summed E-state index contributed by atoms with van der Waals surface area (Å²) in [4.78, 5) is 4.52. The molecule has 0 radical (unpaired) electrons. The number of hydrogen-bond acceptors (Lipinski definition) is 2. The van der Waals surface area contributed by atoms with Crippen LogP contribution in [-0.2, 0) is 13.0 Å². The van der Waals surface area contributed by atoms with E-state index in [1.165, 1.54) is 0 Å². The molecule has 1 heterocycles. The van der Waals surface area contributed by atoms with Crippen molar-refractivity contribution in [2.24, 2.45) is 0 Å². The van der Waals surface area contributed by atoms with Crippen molar-refractivity contribution in [1.82, 2.24) is 9.55 Å². The molecule has 2 aromatic carbocycles. The third-order valence-corrected chi connectivity index (χ3v) is 4.03. The van der Waals surface area contributed by atoms with E-state index in [4.69, 9.17) is 28.5 Å². The second-order valence-corrected chi connectivity index (χ2v) is 5.50. The van der Waals surface area contributed by atoms with Gasteiger partial charge in [-0.15, -0.1) is 0 Å². The maximum atomic E-state index is 8.97. The molecular formula is C16H11Cl2N3. The molecule has 5 heteroatoms. The Kier molecular flexibility index (Phi) is 3.83. The smallest absolute Gasteiger partial charge is 0.124 e. The average molecular weight is 316 g/mol. The van der Waals surface area contributed by atoms with Crippen LogP contribution in [0.15, 0.2) is 42.5 Å². The largest absolute Gasteiger partial charge is 0.323 e. The minimum absolute atomic E-state index is 0.274. The summed E-state index contributed by atoms with van der Waals surface area (Å²) in [6, 6.07) is 15.6. The van der Waals surface area contributed by atoms with Crippen LogP contribution in [0.3, 0.4) is 0 Å². The number of imidazole rings is 1. The first kappa shape index (κ1) is 13.9. The Morgan fingerprint density at radius 2 is 1.90 bits per heavy atom. The standard InChI is InChI=1S/C16H11Cl2N3/c17-12-6-5-11(9-13(12)18)10-21-15-4-2-1-3-14(15)20-16(21)7-8-19/h1-6,9H,7,10H2. The van der Waals surface area contributed by atoms with E-state index in [9.17, 15) is 0 Å². The first-order valence-electron chi connectivity index (χ1n) is 6.44. The summed E-state index contributed by atoms with van der Waals surface area (Å²) in [6.07, 6.45) is 0.274. The van der Waals surface area contributed by atoms with E-state index >= 15 is 0 Å². The predicted octanol–water partition coefficient (Wildman–Crippen LogP) is 4.46. The summed E-state index contributed by atoms with van der Waals surface area (Å²) < 4.78 is 2.04. The van der Waals surface area contributed by atoms with E-state index in [-0.39, 0.29) is 6.42 Å². The highest BCUT2D eigenvalue weighted by atomic mass is 35.5. The number of aromatic nitrogens is 2. The maximum Gasteiger partial charge on any atom is 0.124 e. The van der Waals surface area contributed by atoms with Crippen LogP contribution in [0, 0.1) is 11.3 Å². The van der Waals surface area contributed by atoms with E-state index < -0.39 is 0 Å². The van der Waals surface area contributed by atoms with Gasteiger partial charge in [0.1, 0.15) is 5.82 Å². The summed E-state index contributed by atoms with van der Waals surface area (Å²) in [7, 11) is 0. The molecule has 0 N–H and O–H groups in total. The summed E-state index contributed by atoms with van der Waals surface area (Å²) in [5, 5.41) is 10.0. The Morgan fingerprint density at radius 3 is 2.67 bits per heavy atom. The number of nitriles is 1. The minimum Gasteiger partial charge on any atom is -0.323 e. The van der Waals surface area contributed by atoms with Gasteiger partial charge in [0, 0.05) is 6.54 Å². The molecule has 3 nitrogen and oxygen atoms in total. The van der Waals surface area contributed by atoms with Gasteiger partial charge >= 0.3 is 0 Å². The quantitative estimate of drug-likeness (QED) is 0.716. The van der Waals surface area contributed by atoms with E-state index in [1.54, 1.807) is 6.07 Å². The number of rotatable bonds is 3. The van der Waals surface area contributed by atoms with Gasteiger partial charge in [-0.2, -0.15) is 5.26 Å². The second-order valence-electron chi connectivity index (χ2n) is 4.69. The molecule has 0 spiro atoms. The molecule has 0 aliphatic rings. The van der Waals surface area contributed by atoms with Crippen LogP contribution < -0.4 is 0 Å². The van der Waals surface area contributed by atoms with Crippen LogP contribution in [0.1, 0.15) is 11.4 Å². The van der Waals surface area contributed by atoms with Crippen LogP contribution in [0.2, 0.25) is 10.0 Å². The monoisotopic (exact) mass is 315 g/mol. The topological polar surface area (TPSA) is 41.6 Å². The van der Waals surface area contributed by atoms with Gasteiger partial charge in [-0.25, -0.2) is 4.98 Å². The fourth-order valence-corrected chi connectivity index (χ4v) is 2.65. The number of nitrogens with zero attached hydrogens (tertiary/aromatic N) is 3. The van der Waals surface area contributed by atoms with Gasteiger partial charge in [-0.3, -0.25) is 0 Å². The van der Waals surface area contributed by atoms with Gasteiger partial charge in [0.25, 0.3) is 0 Å². The summed E-state index contributed by atoms with van der Waals surface area (Å²) in [5.41, 5.74) is 2.92. The molecule has 0 aliphatic heterocycles. The van der Waals surface area contributed by atoms with Crippen molar-refractivity contribution in [2.45, 2.75) is 13.0 Å². The summed E-state index contributed by atoms with van der Waals surface area (Å²) >= 11 is 12.0. The molecule has 0 fully saturated rings. The lowest BCUT2D eigenvalue weighted by Crippen LogP contribution is -2.04. The molecule has 0 saturated heterocycles. The lowest BCUT2D eigenvalue weighted by molar-refractivity contribution is 0.769. The van der Waals surface area contributed by atoms with Crippen LogP contribution in [0.4, 0.5) is 0 Å². The van der Waals surface area contributed by atoms with Crippen molar-refractivity contribution in [1.29, 1.82) is 5.26 Å². The number of fused-ring (bicyclic) bond motifs is 1. The maximum absolute atomic E-state index is 8.97. The van der Waals surface area contributed by atoms with Crippen molar-refractivity contribution in [3.63, 3.8) is 0 Å². The van der Waals surface area contributed by atoms with Gasteiger partial charge in [-0.05, 0) is 29.8 Å². The second kappa shape index (κ2) is 5.77. The zero-order chi connectivity index (χ0) is 14.8. The van der Waals surface area contributed by atoms with Crippen molar-refractivity contribution < 1.29 is 0 Å². The molecule has 0 unspecified atom stereocenters. The highest BCUT2D eigenvalue weighted by Crippen LogP contribution is 2.24. The fourth-order valence-electron chi connectivity index (χ4n) is 2.33. The lowest BCUT2D eigenvalue weighted by Gasteiger charge is -2.08. The van der Waals surface area contributed by atoms with E-state index in [0.717, 1.165) is 22.4 Å². The predicted molar refractivity (Wildman–Crippen MR) is 84.6 cm³/mol. The Morgan fingerprint density at radius 1 is 1.10 bits per heavy atom. The van der Waals surface area contributed by atoms with Crippen LogP contribution in [-0.4, -0.2) is 9.55 Å². The normalized spacial score (nSPS) is 10.7. The third-order valence-electron chi connectivity index (χ3n) is 3.30. The Hall–Kier alpha value is -2.02. The highest BCUT2D eigenvalue weighted by Gasteiger charge is 2.11. The SMILES string of the molecule is N#CCc1nc2ccccc2n1Cc1ccc(Cl)c(Cl)c1. The minimum atomic E-state index is 0.274. The van der Waals surface area contributed by atoms with Crippen LogP contribution >= 0.6 is 23.2 Å². The van der Waals surface area contributed by atoms with Crippen LogP contribution in [0.25, 0.3) is 11.0 Å². The molecule has 0 bridgehead atoms. The highest BCUT2D eigenvalue weighted by molar-refractivity contribution is 6.42. The van der Waals surface area contributed by atoms with Crippen molar-refractivity contribution >= 4 is 34.2 Å². The summed E-state index contributed by atoms with van der Waals surface area (Å²) in [6.45, 7) is 0.606. The van der Waals surface area contributed by atoms with Gasteiger partial charge in [0.05, 0.1) is 33.6 Å². The van der Waals surface area contributed by atoms with Gasteiger partial charge in [0.15, 0.2) is 0 Å². The third kappa shape index (κ3) is 2.73. The molecule has 3 rings (SSSR count). The zero-order valence-corrected chi connectivity index (χ0v) is 12.6. The molecular weight excluding hydrogens is 305 g/mol. The first-order chi connectivity index (χ1) is 10.2. The van der Waals surface area contributed by atoms with Crippen molar-refractivity contribution in [3.8, 4) is 6.07 Å². The number of para-hydroxylation sites is 2. The van der Waals surface area contributed by atoms with E-state index in [1.807, 2.05) is 41.0 Å². The van der Waals surface area contributed by atoms with Crippen molar-refractivity contribution in [2.75, 3.05) is 0 Å². The molecule has 21 heavy (non-hydrogen) atoms. The van der Waals surface area contributed by atoms with Crippen molar-refractivity contribution in [3.05, 3.63) is 63.9 Å². The summed E-state index contributed by atoms with van der Waals surface area (Å²) in [5.74, 6) is 0.754. The van der Waals surface area contributed by atoms with E-state index in [0.29, 0.717) is 16.6 Å². The molecule has 1 aromatic heterocycles. The Balaban J connectivity index is 2.08. The molecule has 0 saturated carbocycles. The molecule has 0 aliphatic carbocycles. The molecule has 3 aromatic rings. The van der Waals surface area contributed by atoms with E-state index in [2.05, 4.69) is 11.1 Å². The first-order valence-corrected chi connectivity index (χ1v) is 7.19. The van der Waals surface area contributed by atoms with Gasteiger partial charge < -0.3 is 4.57 Å². The van der Waals surface area contributed by atoms with Crippen LogP contribution in [0.5, 0.6) is 0 Å². The van der Waals surface area contributed by atoms with Gasteiger partial charge in [-0.1, -0.05) is 41.4 Å². The molecule has 0 amide bonds. The average Bonchev–Trinajstić information content (AvgIpc) is 2.81.